The summed E-state index contributed by atoms with van der Waals surface area (Å²) in [5, 5.41) is 0. The molecule has 0 radical (unpaired) electrons. The SMILES string of the molecule is CCCc1ccc(-c2ccc(OC(=O)c3ccc(-c4ccc(C)c(F)c4F)cc3)c(F)c2F)cc1. The summed E-state index contributed by atoms with van der Waals surface area (Å²) >= 11 is 0. The fourth-order valence-electron chi connectivity index (χ4n) is 3.79. The minimum Gasteiger partial charge on any atom is -0.420 e. The minimum atomic E-state index is -1.28. The molecule has 178 valence electrons. The van der Waals surface area contributed by atoms with Crippen LogP contribution in [0.4, 0.5) is 17.6 Å². The van der Waals surface area contributed by atoms with E-state index >= 15 is 0 Å². The third-order valence-electron chi connectivity index (χ3n) is 5.76. The number of carbonyl (C=O) groups excluding carboxylic acids is 1. The van der Waals surface area contributed by atoms with Crippen molar-refractivity contribution in [2.24, 2.45) is 0 Å². The number of carbonyl (C=O) groups is 1. The smallest absolute Gasteiger partial charge is 0.343 e. The highest BCUT2D eigenvalue weighted by atomic mass is 19.2. The van der Waals surface area contributed by atoms with Crippen LogP contribution in [0, 0.1) is 30.2 Å². The molecule has 6 heteroatoms. The highest BCUT2D eigenvalue weighted by molar-refractivity contribution is 5.91. The zero-order valence-electron chi connectivity index (χ0n) is 19.2. The van der Waals surface area contributed by atoms with Crippen LogP contribution < -0.4 is 4.74 Å². The van der Waals surface area contributed by atoms with Gasteiger partial charge in [-0.15, -0.1) is 0 Å². The zero-order chi connectivity index (χ0) is 25.1. The second-order valence-electron chi connectivity index (χ2n) is 8.21. The van der Waals surface area contributed by atoms with E-state index in [4.69, 9.17) is 4.74 Å². The average molecular weight is 478 g/mol. The van der Waals surface area contributed by atoms with E-state index in [1.54, 1.807) is 12.1 Å². The standard InChI is InChI=1S/C29H22F4O2/c1-3-4-18-6-8-19(9-7-18)23-15-16-24(28(33)27(23)32)35-29(34)21-12-10-20(11-13-21)22-14-5-17(2)25(30)26(22)31/h5-16H,3-4H2,1-2H3. The number of hydrogen-bond donors (Lipinski definition) is 0. The predicted molar refractivity (Wildman–Crippen MR) is 127 cm³/mol. The number of aryl methyl sites for hydroxylation is 2. The lowest BCUT2D eigenvalue weighted by Crippen LogP contribution is -2.10. The number of hydrogen-bond acceptors (Lipinski definition) is 2. The molecule has 0 heterocycles. The summed E-state index contributed by atoms with van der Waals surface area (Å²) in [5.74, 6) is -5.79. The molecule has 0 aromatic heterocycles. The molecular weight excluding hydrogens is 456 g/mol. The molecule has 0 aliphatic carbocycles. The fourth-order valence-corrected chi connectivity index (χ4v) is 3.79. The Bertz CT molecular complexity index is 1380. The van der Waals surface area contributed by atoms with Crippen LogP contribution in [0.5, 0.6) is 5.75 Å². The van der Waals surface area contributed by atoms with Crippen molar-refractivity contribution in [3.05, 3.63) is 113 Å². The topological polar surface area (TPSA) is 26.3 Å². The van der Waals surface area contributed by atoms with Gasteiger partial charge >= 0.3 is 5.97 Å². The summed E-state index contributed by atoms with van der Waals surface area (Å²) in [6.07, 6.45) is 1.87. The lowest BCUT2D eigenvalue weighted by Gasteiger charge is -2.11. The van der Waals surface area contributed by atoms with Crippen molar-refractivity contribution in [2.45, 2.75) is 26.7 Å². The highest BCUT2D eigenvalue weighted by Gasteiger charge is 2.19. The van der Waals surface area contributed by atoms with Crippen LogP contribution in [-0.4, -0.2) is 5.97 Å². The maximum atomic E-state index is 14.8. The maximum absolute atomic E-state index is 14.8. The van der Waals surface area contributed by atoms with Crippen LogP contribution in [0.25, 0.3) is 22.3 Å². The van der Waals surface area contributed by atoms with Gasteiger partial charge < -0.3 is 4.74 Å². The normalized spacial score (nSPS) is 10.9. The summed E-state index contributed by atoms with van der Waals surface area (Å²) in [6.45, 7) is 3.52. The van der Waals surface area contributed by atoms with E-state index in [9.17, 15) is 22.4 Å². The Balaban J connectivity index is 1.53. The molecule has 0 unspecified atom stereocenters. The third-order valence-corrected chi connectivity index (χ3v) is 5.76. The van der Waals surface area contributed by atoms with Gasteiger partial charge in [0, 0.05) is 11.1 Å². The monoisotopic (exact) mass is 478 g/mol. The van der Waals surface area contributed by atoms with E-state index in [1.165, 1.54) is 55.5 Å². The molecule has 4 aromatic rings. The van der Waals surface area contributed by atoms with E-state index in [1.807, 2.05) is 12.1 Å². The molecule has 0 bridgehead atoms. The number of halogens is 4. The van der Waals surface area contributed by atoms with E-state index in [0.717, 1.165) is 18.4 Å². The fraction of sp³-hybridized carbons (Fsp3) is 0.138. The van der Waals surface area contributed by atoms with Crippen molar-refractivity contribution in [2.75, 3.05) is 0 Å². The van der Waals surface area contributed by atoms with Crippen molar-refractivity contribution in [3.8, 4) is 28.0 Å². The quantitative estimate of drug-likeness (QED) is 0.159. The van der Waals surface area contributed by atoms with Gasteiger partial charge in [-0.1, -0.05) is 61.9 Å². The first-order valence-corrected chi connectivity index (χ1v) is 11.1. The summed E-state index contributed by atoms with van der Waals surface area (Å²) in [6, 6.07) is 18.2. The van der Waals surface area contributed by atoms with Crippen LogP contribution in [-0.2, 0) is 6.42 Å². The van der Waals surface area contributed by atoms with Gasteiger partial charge in [-0.05, 0) is 59.9 Å². The van der Waals surface area contributed by atoms with Gasteiger partial charge in [0.2, 0.25) is 5.82 Å². The van der Waals surface area contributed by atoms with Gasteiger partial charge in [0.1, 0.15) is 0 Å². The van der Waals surface area contributed by atoms with Crippen molar-refractivity contribution >= 4 is 5.97 Å². The van der Waals surface area contributed by atoms with E-state index < -0.39 is 35.0 Å². The molecule has 0 saturated heterocycles. The van der Waals surface area contributed by atoms with Crippen LogP contribution >= 0.6 is 0 Å². The van der Waals surface area contributed by atoms with Crippen LogP contribution in [0.2, 0.25) is 0 Å². The largest absolute Gasteiger partial charge is 0.420 e. The zero-order valence-corrected chi connectivity index (χ0v) is 19.2. The molecule has 0 saturated carbocycles. The van der Waals surface area contributed by atoms with Crippen LogP contribution in [0.3, 0.4) is 0 Å². The molecule has 0 atom stereocenters. The molecule has 0 amide bonds. The number of esters is 1. The Labute approximate surface area is 200 Å². The first-order chi connectivity index (χ1) is 16.8. The predicted octanol–water partition coefficient (Wildman–Crippen LogP) is 8.06. The van der Waals surface area contributed by atoms with E-state index in [2.05, 4.69) is 6.92 Å². The Hall–Kier alpha value is -3.93. The summed E-state index contributed by atoms with van der Waals surface area (Å²) < 4.78 is 62.6. The van der Waals surface area contributed by atoms with Gasteiger partial charge in [-0.2, -0.15) is 4.39 Å². The van der Waals surface area contributed by atoms with Crippen molar-refractivity contribution in [1.82, 2.24) is 0 Å². The van der Waals surface area contributed by atoms with Gasteiger partial charge in [0.15, 0.2) is 23.2 Å². The lowest BCUT2D eigenvalue weighted by molar-refractivity contribution is 0.0727. The molecule has 0 aliphatic rings. The third kappa shape index (κ3) is 4.97. The molecule has 2 nitrogen and oxygen atoms in total. The van der Waals surface area contributed by atoms with Crippen LogP contribution in [0.15, 0.2) is 72.8 Å². The van der Waals surface area contributed by atoms with Crippen molar-refractivity contribution in [3.63, 3.8) is 0 Å². The van der Waals surface area contributed by atoms with Crippen molar-refractivity contribution in [1.29, 1.82) is 0 Å². The Kier molecular flexibility index (Phi) is 7.01. The first kappa shape index (κ1) is 24.2. The average Bonchev–Trinajstić information content (AvgIpc) is 2.86. The molecule has 0 fully saturated rings. The Morgan fingerprint density at radius 3 is 1.83 bits per heavy atom. The maximum Gasteiger partial charge on any atom is 0.343 e. The summed E-state index contributed by atoms with van der Waals surface area (Å²) in [7, 11) is 0. The molecule has 4 rings (SSSR count). The second-order valence-corrected chi connectivity index (χ2v) is 8.21. The molecule has 35 heavy (non-hydrogen) atoms. The molecule has 0 N–H and O–H groups in total. The van der Waals surface area contributed by atoms with Gasteiger partial charge in [0.05, 0.1) is 5.56 Å². The van der Waals surface area contributed by atoms with E-state index in [-0.39, 0.29) is 22.3 Å². The van der Waals surface area contributed by atoms with Gasteiger partial charge in [-0.3, -0.25) is 0 Å². The highest BCUT2D eigenvalue weighted by Crippen LogP contribution is 2.31. The second kappa shape index (κ2) is 10.1. The number of benzene rings is 4. The molecular formula is C29H22F4O2. The molecule has 4 aromatic carbocycles. The molecule has 0 aliphatic heterocycles. The van der Waals surface area contributed by atoms with Crippen LogP contribution in [0.1, 0.15) is 34.8 Å². The van der Waals surface area contributed by atoms with Gasteiger partial charge in [-0.25, -0.2) is 18.0 Å². The molecule has 0 spiro atoms. The lowest BCUT2D eigenvalue weighted by atomic mass is 10.0. The number of ether oxygens (including phenoxy) is 1. The Morgan fingerprint density at radius 1 is 0.686 bits per heavy atom. The van der Waals surface area contributed by atoms with Gasteiger partial charge in [0.25, 0.3) is 0 Å². The van der Waals surface area contributed by atoms with Crippen molar-refractivity contribution < 1.29 is 27.1 Å². The first-order valence-electron chi connectivity index (χ1n) is 11.1. The van der Waals surface area contributed by atoms with E-state index in [0.29, 0.717) is 11.1 Å². The minimum absolute atomic E-state index is 0.0390. The number of rotatable bonds is 6. The Morgan fingerprint density at radius 2 is 1.23 bits per heavy atom. The summed E-state index contributed by atoms with van der Waals surface area (Å²) in [4.78, 5) is 12.5. The summed E-state index contributed by atoms with van der Waals surface area (Å²) in [5.41, 5.74) is 2.28.